The standard InChI is InChI=1S/C13H26N2O3/c1-9(2)6-12-14-10(3)13(16)15(12)7-11(18-5)8-17-4/h9-12,14H,6-8H2,1-5H3. The van der Waals surface area contributed by atoms with E-state index >= 15 is 0 Å². The Hall–Kier alpha value is -0.650. The van der Waals surface area contributed by atoms with E-state index in [1.54, 1.807) is 14.2 Å². The first kappa shape index (κ1) is 15.4. The van der Waals surface area contributed by atoms with Crippen LogP contribution in [0.3, 0.4) is 0 Å². The van der Waals surface area contributed by atoms with Gasteiger partial charge in [-0.05, 0) is 19.3 Å². The summed E-state index contributed by atoms with van der Waals surface area (Å²) < 4.78 is 10.4. The van der Waals surface area contributed by atoms with E-state index in [2.05, 4.69) is 19.2 Å². The molecule has 1 amide bonds. The van der Waals surface area contributed by atoms with Crippen LogP contribution in [0.25, 0.3) is 0 Å². The average Bonchev–Trinajstić information content (AvgIpc) is 2.55. The van der Waals surface area contributed by atoms with Gasteiger partial charge in [0.1, 0.15) is 0 Å². The summed E-state index contributed by atoms with van der Waals surface area (Å²) in [6.07, 6.45) is 1.00. The molecule has 0 aromatic rings. The fourth-order valence-electron chi connectivity index (χ4n) is 2.31. The minimum atomic E-state index is -0.103. The molecule has 106 valence electrons. The molecule has 0 saturated carbocycles. The fourth-order valence-corrected chi connectivity index (χ4v) is 2.31. The third-order valence-electron chi connectivity index (χ3n) is 3.25. The van der Waals surface area contributed by atoms with E-state index < -0.39 is 0 Å². The second-order valence-electron chi connectivity index (χ2n) is 5.34. The van der Waals surface area contributed by atoms with Crippen LogP contribution >= 0.6 is 0 Å². The number of hydrogen-bond donors (Lipinski definition) is 1. The quantitative estimate of drug-likeness (QED) is 0.735. The lowest BCUT2D eigenvalue weighted by Crippen LogP contribution is -2.44. The number of rotatable bonds is 7. The van der Waals surface area contributed by atoms with Crippen molar-refractivity contribution in [3.8, 4) is 0 Å². The molecule has 1 saturated heterocycles. The summed E-state index contributed by atoms with van der Waals surface area (Å²) in [4.78, 5) is 14.0. The van der Waals surface area contributed by atoms with E-state index in [9.17, 15) is 4.79 Å². The molecule has 5 heteroatoms. The SMILES string of the molecule is COCC(CN1C(=O)C(C)NC1CC(C)C)OC. The fraction of sp³-hybridized carbons (Fsp3) is 0.923. The zero-order valence-electron chi connectivity index (χ0n) is 12.1. The van der Waals surface area contributed by atoms with Gasteiger partial charge in [0.25, 0.3) is 0 Å². The van der Waals surface area contributed by atoms with Gasteiger partial charge in [0, 0.05) is 14.2 Å². The van der Waals surface area contributed by atoms with Gasteiger partial charge in [-0.15, -0.1) is 0 Å². The van der Waals surface area contributed by atoms with Crippen molar-refractivity contribution >= 4 is 5.91 Å². The summed E-state index contributed by atoms with van der Waals surface area (Å²) in [6.45, 7) is 7.32. The van der Waals surface area contributed by atoms with Gasteiger partial charge in [-0.25, -0.2) is 0 Å². The van der Waals surface area contributed by atoms with Gasteiger partial charge in [0.15, 0.2) is 0 Å². The number of carbonyl (C=O) groups is 1. The van der Waals surface area contributed by atoms with E-state index in [0.29, 0.717) is 19.1 Å². The number of carbonyl (C=O) groups excluding carboxylic acids is 1. The van der Waals surface area contributed by atoms with E-state index in [1.807, 2.05) is 11.8 Å². The van der Waals surface area contributed by atoms with Gasteiger partial charge in [-0.3, -0.25) is 10.1 Å². The number of hydrogen-bond acceptors (Lipinski definition) is 4. The molecule has 0 spiro atoms. The zero-order valence-corrected chi connectivity index (χ0v) is 12.1. The Kier molecular flexibility index (Phi) is 6.05. The summed E-state index contributed by atoms with van der Waals surface area (Å²) in [5, 5.41) is 3.34. The molecule has 1 rings (SSSR count). The summed E-state index contributed by atoms with van der Waals surface area (Å²) >= 11 is 0. The second kappa shape index (κ2) is 7.07. The highest BCUT2D eigenvalue weighted by atomic mass is 16.5. The first-order valence-corrected chi connectivity index (χ1v) is 6.57. The van der Waals surface area contributed by atoms with Crippen LogP contribution in [-0.4, -0.2) is 56.5 Å². The summed E-state index contributed by atoms with van der Waals surface area (Å²) in [7, 11) is 3.29. The van der Waals surface area contributed by atoms with Crippen LogP contribution in [0.1, 0.15) is 27.2 Å². The Balaban J connectivity index is 2.65. The predicted octanol–water partition coefficient (Wildman–Crippen LogP) is 0.840. The van der Waals surface area contributed by atoms with Gasteiger partial charge < -0.3 is 14.4 Å². The number of methoxy groups -OCH3 is 2. The molecule has 1 aliphatic heterocycles. The molecule has 3 unspecified atom stereocenters. The molecular formula is C13H26N2O3. The van der Waals surface area contributed by atoms with Crippen molar-refractivity contribution < 1.29 is 14.3 Å². The Morgan fingerprint density at radius 2 is 2.06 bits per heavy atom. The first-order valence-electron chi connectivity index (χ1n) is 6.57. The lowest BCUT2D eigenvalue weighted by atomic mass is 10.1. The first-order chi connectivity index (χ1) is 8.49. The Labute approximate surface area is 110 Å². The third kappa shape index (κ3) is 3.93. The van der Waals surface area contributed by atoms with E-state index in [-0.39, 0.29) is 24.2 Å². The van der Waals surface area contributed by atoms with Crippen LogP contribution in [-0.2, 0) is 14.3 Å². The number of amides is 1. The largest absolute Gasteiger partial charge is 0.382 e. The van der Waals surface area contributed by atoms with Gasteiger partial charge >= 0.3 is 0 Å². The molecule has 3 atom stereocenters. The van der Waals surface area contributed by atoms with E-state index in [0.717, 1.165) is 6.42 Å². The molecule has 0 aromatic carbocycles. The smallest absolute Gasteiger partial charge is 0.240 e. The van der Waals surface area contributed by atoms with E-state index in [4.69, 9.17) is 9.47 Å². The van der Waals surface area contributed by atoms with Gasteiger partial charge in [0.2, 0.25) is 5.91 Å². The van der Waals surface area contributed by atoms with Gasteiger partial charge in [0.05, 0.1) is 31.5 Å². The molecule has 0 aromatic heterocycles. The normalized spacial score (nSPS) is 26.1. The highest BCUT2D eigenvalue weighted by molar-refractivity contribution is 5.83. The molecule has 18 heavy (non-hydrogen) atoms. The molecule has 1 heterocycles. The Bertz CT molecular complexity index is 271. The Morgan fingerprint density at radius 3 is 2.56 bits per heavy atom. The van der Waals surface area contributed by atoms with Gasteiger partial charge in [-0.2, -0.15) is 0 Å². The maximum atomic E-state index is 12.1. The average molecular weight is 258 g/mol. The van der Waals surface area contributed by atoms with Crippen molar-refractivity contribution in [3.05, 3.63) is 0 Å². The van der Waals surface area contributed by atoms with Crippen LogP contribution in [0, 0.1) is 5.92 Å². The highest BCUT2D eigenvalue weighted by Gasteiger charge is 2.37. The molecule has 1 N–H and O–H groups in total. The molecular weight excluding hydrogens is 232 g/mol. The summed E-state index contributed by atoms with van der Waals surface area (Å²) in [6, 6.07) is -0.103. The number of nitrogens with one attached hydrogen (secondary N) is 1. The second-order valence-corrected chi connectivity index (χ2v) is 5.34. The van der Waals surface area contributed by atoms with Crippen molar-refractivity contribution in [2.75, 3.05) is 27.4 Å². The van der Waals surface area contributed by atoms with Crippen molar-refractivity contribution in [3.63, 3.8) is 0 Å². The van der Waals surface area contributed by atoms with Crippen molar-refractivity contribution in [2.24, 2.45) is 5.92 Å². The molecule has 0 radical (unpaired) electrons. The molecule has 0 aliphatic carbocycles. The maximum absolute atomic E-state index is 12.1. The molecule has 0 bridgehead atoms. The van der Waals surface area contributed by atoms with Crippen LogP contribution in [0.2, 0.25) is 0 Å². The lowest BCUT2D eigenvalue weighted by molar-refractivity contribution is -0.132. The van der Waals surface area contributed by atoms with Gasteiger partial charge in [-0.1, -0.05) is 13.8 Å². The van der Waals surface area contributed by atoms with Crippen molar-refractivity contribution in [1.82, 2.24) is 10.2 Å². The summed E-state index contributed by atoms with van der Waals surface area (Å²) in [5.74, 6) is 0.699. The monoisotopic (exact) mass is 258 g/mol. The summed E-state index contributed by atoms with van der Waals surface area (Å²) in [5.41, 5.74) is 0. The minimum absolute atomic E-state index is 0.0688. The third-order valence-corrected chi connectivity index (χ3v) is 3.25. The Morgan fingerprint density at radius 1 is 1.39 bits per heavy atom. The van der Waals surface area contributed by atoms with Crippen LogP contribution in [0.5, 0.6) is 0 Å². The van der Waals surface area contributed by atoms with E-state index in [1.165, 1.54) is 0 Å². The van der Waals surface area contributed by atoms with Crippen LogP contribution in [0.4, 0.5) is 0 Å². The van der Waals surface area contributed by atoms with Crippen LogP contribution < -0.4 is 5.32 Å². The van der Waals surface area contributed by atoms with Crippen molar-refractivity contribution in [2.45, 2.75) is 45.5 Å². The van der Waals surface area contributed by atoms with Crippen molar-refractivity contribution in [1.29, 1.82) is 0 Å². The number of nitrogens with zero attached hydrogens (tertiary/aromatic N) is 1. The lowest BCUT2D eigenvalue weighted by Gasteiger charge is -2.28. The maximum Gasteiger partial charge on any atom is 0.240 e. The number of ether oxygens (including phenoxy) is 2. The predicted molar refractivity (Wildman–Crippen MR) is 70.2 cm³/mol. The van der Waals surface area contributed by atoms with Crippen LogP contribution in [0.15, 0.2) is 0 Å². The zero-order chi connectivity index (χ0) is 13.7. The molecule has 1 aliphatic rings. The molecule has 5 nitrogen and oxygen atoms in total. The highest BCUT2D eigenvalue weighted by Crippen LogP contribution is 2.18. The topological polar surface area (TPSA) is 50.8 Å². The molecule has 1 fully saturated rings. The minimum Gasteiger partial charge on any atom is -0.382 e.